The summed E-state index contributed by atoms with van der Waals surface area (Å²) in [4.78, 5) is 11.8. The smallest absolute Gasteiger partial charge is 0.407 e. The van der Waals surface area contributed by atoms with Crippen LogP contribution >= 0.6 is 23.2 Å². The first-order chi connectivity index (χ1) is 10.2. The standard InChI is InChI=1S/C16H21Cl2NO3/c1-15(2,3)22-14(21)19-9-16(7-11(16)8-20)10-4-5-12(17)13(18)6-10/h4-6,11,20H,7-9H2,1-3H3,(H,19,21)/t11?,16-/m0/s1. The average Bonchev–Trinajstić information content (AvgIpc) is 3.13. The van der Waals surface area contributed by atoms with E-state index in [-0.39, 0.29) is 17.9 Å². The van der Waals surface area contributed by atoms with Crippen LogP contribution in [0.3, 0.4) is 0 Å². The Balaban J connectivity index is 2.10. The summed E-state index contributed by atoms with van der Waals surface area (Å²) >= 11 is 12.0. The molecule has 1 aromatic carbocycles. The van der Waals surface area contributed by atoms with Crippen molar-refractivity contribution in [2.24, 2.45) is 5.92 Å². The summed E-state index contributed by atoms with van der Waals surface area (Å²) in [5, 5.41) is 13.2. The zero-order valence-corrected chi connectivity index (χ0v) is 14.5. The van der Waals surface area contributed by atoms with Crippen LogP contribution in [0.1, 0.15) is 32.8 Å². The average molecular weight is 346 g/mol. The van der Waals surface area contributed by atoms with Gasteiger partial charge in [-0.3, -0.25) is 0 Å². The summed E-state index contributed by atoms with van der Waals surface area (Å²) in [6, 6.07) is 5.43. The number of carbonyl (C=O) groups is 1. The largest absolute Gasteiger partial charge is 0.444 e. The van der Waals surface area contributed by atoms with E-state index in [0.29, 0.717) is 16.6 Å². The second-order valence-electron chi connectivity index (χ2n) is 6.72. The van der Waals surface area contributed by atoms with Crippen molar-refractivity contribution >= 4 is 29.3 Å². The zero-order valence-electron chi connectivity index (χ0n) is 13.0. The van der Waals surface area contributed by atoms with Crippen molar-refractivity contribution in [2.45, 2.75) is 38.2 Å². The molecule has 0 heterocycles. The van der Waals surface area contributed by atoms with Gasteiger partial charge in [-0.2, -0.15) is 0 Å². The van der Waals surface area contributed by atoms with Gasteiger partial charge in [0.25, 0.3) is 0 Å². The highest BCUT2D eigenvalue weighted by molar-refractivity contribution is 6.42. The molecule has 2 rings (SSSR count). The molecular formula is C16H21Cl2NO3. The minimum atomic E-state index is -0.541. The van der Waals surface area contributed by atoms with E-state index in [1.165, 1.54) is 0 Å². The second kappa shape index (κ2) is 6.26. The third-order valence-corrected chi connectivity index (χ3v) is 4.63. The third kappa shape index (κ3) is 3.86. The fraction of sp³-hybridized carbons (Fsp3) is 0.562. The topological polar surface area (TPSA) is 58.6 Å². The van der Waals surface area contributed by atoms with Gasteiger partial charge in [0.1, 0.15) is 5.60 Å². The molecule has 1 aromatic rings. The molecular weight excluding hydrogens is 325 g/mol. The Morgan fingerprint density at radius 3 is 2.59 bits per heavy atom. The van der Waals surface area contributed by atoms with E-state index in [2.05, 4.69) is 5.32 Å². The van der Waals surface area contributed by atoms with E-state index >= 15 is 0 Å². The first-order valence-corrected chi connectivity index (χ1v) is 7.97. The normalized spacial score (nSPS) is 24.0. The fourth-order valence-electron chi connectivity index (χ4n) is 2.64. The van der Waals surface area contributed by atoms with Crippen LogP contribution in [0.25, 0.3) is 0 Å². The number of carbonyl (C=O) groups excluding carboxylic acids is 1. The van der Waals surface area contributed by atoms with Crippen LogP contribution < -0.4 is 5.32 Å². The number of benzene rings is 1. The number of aliphatic hydroxyl groups excluding tert-OH is 1. The van der Waals surface area contributed by atoms with Crippen LogP contribution in [-0.2, 0) is 10.2 Å². The predicted molar refractivity (Wildman–Crippen MR) is 87.6 cm³/mol. The van der Waals surface area contributed by atoms with E-state index in [1.54, 1.807) is 12.1 Å². The van der Waals surface area contributed by atoms with Gasteiger partial charge in [-0.1, -0.05) is 29.3 Å². The summed E-state index contributed by atoms with van der Waals surface area (Å²) in [7, 11) is 0. The van der Waals surface area contributed by atoms with Crippen LogP contribution in [0.2, 0.25) is 10.0 Å². The van der Waals surface area contributed by atoms with Crippen LogP contribution in [0, 0.1) is 5.92 Å². The lowest BCUT2D eigenvalue weighted by atomic mass is 9.93. The highest BCUT2D eigenvalue weighted by Crippen LogP contribution is 2.54. The Morgan fingerprint density at radius 1 is 1.41 bits per heavy atom. The molecule has 6 heteroatoms. The molecule has 22 heavy (non-hydrogen) atoms. The summed E-state index contributed by atoms with van der Waals surface area (Å²) in [5.41, 5.74) is 0.123. The molecule has 1 aliphatic rings. The lowest BCUT2D eigenvalue weighted by molar-refractivity contribution is 0.0520. The van der Waals surface area contributed by atoms with Gasteiger partial charge in [0.05, 0.1) is 10.0 Å². The van der Waals surface area contributed by atoms with Gasteiger partial charge < -0.3 is 15.2 Å². The number of nitrogens with one attached hydrogen (secondary N) is 1. The fourth-order valence-corrected chi connectivity index (χ4v) is 2.94. The summed E-state index contributed by atoms with van der Waals surface area (Å²) in [6.45, 7) is 5.90. The molecule has 0 saturated heterocycles. The van der Waals surface area contributed by atoms with Gasteiger partial charge in [0.15, 0.2) is 0 Å². The van der Waals surface area contributed by atoms with Crippen molar-refractivity contribution in [1.82, 2.24) is 5.32 Å². The van der Waals surface area contributed by atoms with Gasteiger partial charge in [0.2, 0.25) is 0 Å². The van der Waals surface area contributed by atoms with Gasteiger partial charge in [-0.25, -0.2) is 4.79 Å². The lowest BCUT2D eigenvalue weighted by Gasteiger charge is -2.23. The Bertz CT molecular complexity index is 571. The molecule has 0 radical (unpaired) electrons. The summed E-state index contributed by atoms with van der Waals surface area (Å²) < 4.78 is 5.25. The summed E-state index contributed by atoms with van der Waals surface area (Å²) in [6.07, 6.45) is 0.326. The molecule has 0 aromatic heterocycles. The third-order valence-electron chi connectivity index (χ3n) is 3.89. The molecule has 1 unspecified atom stereocenters. The van der Waals surface area contributed by atoms with Gasteiger partial charge in [-0.15, -0.1) is 0 Å². The molecule has 1 fully saturated rings. The van der Waals surface area contributed by atoms with Crippen LogP contribution in [0.4, 0.5) is 4.79 Å². The number of rotatable bonds is 4. The number of hydrogen-bond donors (Lipinski definition) is 2. The minimum Gasteiger partial charge on any atom is -0.444 e. The molecule has 122 valence electrons. The molecule has 1 saturated carbocycles. The first-order valence-electron chi connectivity index (χ1n) is 7.21. The van der Waals surface area contributed by atoms with E-state index in [1.807, 2.05) is 26.8 Å². The van der Waals surface area contributed by atoms with Crippen LogP contribution in [0.15, 0.2) is 18.2 Å². The molecule has 2 atom stereocenters. The van der Waals surface area contributed by atoms with Crippen molar-refractivity contribution in [3.05, 3.63) is 33.8 Å². The summed E-state index contributed by atoms with van der Waals surface area (Å²) in [5.74, 6) is 0.0969. The Hall–Kier alpha value is -0.970. The minimum absolute atomic E-state index is 0.0657. The van der Waals surface area contributed by atoms with Gasteiger partial charge in [0, 0.05) is 18.6 Å². The van der Waals surface area contributed by atoms with Crippen molar-refractivity contribution < 1.29 is 14.6 Å². The predicted octanol–water partition coefficient (Wildman–Crippen LogP) is 3.77. The van der Waals surface area contributed by atoms with Crippen molar-refractivity contribution in [3.63, 3.8) is 0 Å². The quantitative estimate of drug-likeness (QED) is 0.873. The molecule has 0 bridgehead atoms. The van der Waals surface area contributed by atoms with E-state index in [0.717, 1.165) is 12.0 Å². The number of hydrogen-bond acceptors (Lipinski definition) is 3. The molecule has 0 spiro atoms. The maximum Gasteiger partial charge on any atom is 0.407 e. The number of ether oxygens (including phenoxy) is 1. The Kier molecular flexibility index (Phi) is 4.95. The zero-order chi connectivity index (χ0) is 16.5. The van der Waals surface area contributed by atoms with Crippen LogP contribution in [0.5, 0.6) is 0 Å². The number of aliphatic hydroxyl groups is 1. The highest BCUT2D eigenvalue weighted by Gasteiger charge is 2.55. The van der Waals surface area contributed by atoms with E-state index in [4.69, 9.17) is 27.9 Å². The molecule has 1 amide bonds. The maximum atomic E-state index is 11.8. The monoisotopic (exact) mass is 345 g/mol. The number of amides is 1. The number of halogens is 2. The van der Waals surface area contributed by atoms with Crippen molar-refractivity contribution in [1.29, 1.82) is 0 Å². The Morgan fingerprint density at radius 2 is 2.09 bits per heavy atom. The van der Waals surface area contributed by atoms with E-state index < -0.39 is 11.7 Å². The lowest BCUT2D eigenvalue weighted by Crippen LogP contribution is -2.37. The van der Waals surface area contributed by atoms with E-state index in [9.17, 15) is 9.90 Å². The van der Waals surface area contributed by atoms with Crippen molar-refractivity contribution in [3.8, 4) is 0 Å². The molecule has 2 N–H and O–H groups in total. The molecule has 0 aliphatic heterocycles. The SMILES string of the molecule is CC(C)(C)OC(=O)NC[C@]1(c2ccc(Cl)c(Cl)c2)CC1CO. The van der Waals surface area contributed by atoms with Gasteiger partial charge >= 0.3 is 6.09 Å². The van der Waals surface area contributed by atoms with Crippen molar-refractivity contribution in [2.75, 3.05) is 13.2 Å². The maximum absolute atomic E-state index is 11.8. The highest BCUT2D eigenvalue weighted by atomic mass is 35.5. The first kappa shape index (κ1) is 17.4. The van der Waals surface area contributed by atoms with Crippen LogP contribution in [-0.4, -0.2) is 30.0 Å². The second-order valence-corrected chi connectivity index (χ2v) is 7.54. The molecule has 1 aliphatic carbocycles. The number of alkyl carbamates (subject to hydrolysis) is 1. The molecule has 4 nitrogen and oxygen atoms in total. The van der Waals surface area contributed by atoms with Gasteiger partial charge in [-0.05, 0) is 50.8 Å². The Labute approximate surface area is 140 Å².